The average Bonchev–Trinajstić information content (AvgIpc) is 2.43. The fourth-order valence-electron chi connectivity index (χ4n) is 2.40. The minimum absolute atomic E-state index is 0.922. The summed E-state index contributed by atoms with van der Waals surface area (Å²) in [5, 5.41) is 3.41. The van der Waals surface area contributed by atoms with E-state index in [0.29, 0.717) is 0 Å². The fraction of sp³-hybridized carbons (Fsp3) is 0.333. The lowest BCUT2D eigenvalue weighted by molar-refractivity contribution is 0.717. The predicted octanol–water partition coefficient (Wildman–Crippen LogP) is 5.47. The smallest absolute Gasteiger partial charge is 0.0232 e. The second kappa shape index (κ2) is 8.02. The van der Waals surface area contributed by atoms with Crippen LogP contribution < -0.4 is 5.32 Å². The van der Waals surface area contributed by atoms with Crippen LogP contribution in [0.5, 0.6) is 0 Å². The van der Waals surface area contributed by atoms with E-state index < -0.39 is 0 Å². The lowest BCUT2D eigenvalue weighted by atomic mass is 10.1. The van der Waals surface area contributed by atoms with Gasteiger partial charge in [-0.3, -0.25) is 0 Å². The van der Waals surface area contributed by atoms with Crippen molar-refractivity contribution < 1.29 is 0 Å². The highest BCUT2D eigenvalue weighted by molar-refractivity contribution is 9.10. The maximum Gasteiger partial charge on any atom is 0.0232 e. The van der Waals surface area contributed by atoms with Crippen LogP contribution in [0.3, 0.4) is 0 Å². The maximum atomic E-state index is 3.57. The molecule has 0 aliphatic carbocycles. The summed E-state index contributed by atoms with van der Waals surface area (Å²) in [7, 11) is 0. The Labute approximate surface area is 140 Å². The maximum absolute atomic E-state index is 3.57. The first-order chi connectivity index (χ1) is 10.1. The van der Waals surface area contributed by atoms with E-state index in [0.717, 1.165) is 23.3 Å². The van der Waals surface area contributed by atoms with Crippen LogP contribution in [0.4, 0.5) is 0 Å². The van der Waals surface area contributed by atoms with Gasteiger partial charge in [-0.25, -0.2) is 0 Å². The molecule has 0 amide bonds. The third kappa shape index (κ3) is 5.17. The number of halogens is 1. The summed E-state index contributed by atoms with van der Waals surface area (Å²) in [6.07, 6.45) is 0. The normalized spacial score (nSPS) is 10.9. The van der Waals surface area contributed by atoms with Crippen LogP contribution >= 0.6 is 27.7 Å². The van der Waals surface area contributed by atoms with Gasteiger partial charge in [0.05, 0.1) is 0 Å². The highest BCUT2D eigenvalue weighted by Gasteiger charge is 2.05. The van der Waals surface area contributed by atoms with Gasteiger partial charge in [-0.1, -0.05) is 52.2 Å². The topological polar surface area (TPSA) is 12.0 Å². The molecule has 0 heterocycles. The van der Waals surface area contributed by atoms with Gasteiger partial charge < -0.3 is 5.32 Å². The first kappa shape index (κ1) is 16.6. The molecule has 0 bridgehead atoms. The molecule has 0 spiro atoms. The van der Waals surface area contributed by atoms with Crippen molar-refractivity contribution in [2.45, 2.75) is 38.0 Å². The zero-order chi connectivity index (χ0) is 15.2. The Morgan fingerprint density at radius 1 is 1.05 bits per heavy atom. The Kier molecular flexibility index (Phi) is 6.34. The second-order valence-electron chi connectivity index (χ2n) is 5.32. The van der Waals surface area contributed by atoms with E-state index in [1.165, 1.54) is 27.1 Å². The molecule has 2 aromatic carbocycles. The molecule has 0 fully saturated rings. The molecule has 0 saturated heterocycles. The number of hydrogen-bond acceptors (Lipinski definition) is 2. The van der Waals surface area contributed by atoms with Gasteiger partial charge in [0.15, 0.2) is 0 Å². The fourth-order valence-corrected chi connectivity index (χ4v) is 3.78. The Hall–Kier alpha value is -0.770. The lowest BCUT2D eigenvalue weighted by Crippen LogP contribution is -2.12. The van der Waals surface area contributed by atoms with Gasteiger partial charge in [0, 0.05) is 21.7 Å². The van der Waals surface area contributed by atoms with Gasteiger partial charge in [0.1, 0.15) is 0 Å². The molecule has 1 nitrogen and oxygen atoms in total. The Morgan fingerprint density at radius 3 is 2.43 bits per heavy atom. The van der Waals surface area contributed by atoms with Crippen molar-refractivity contribution in [2.24, 2.45) is 0 Å². The van der Waals surface area contributed by atoms with E-state index in [4.69, 9.17) is 0 Å². The summed E-state index contributed by atoms with van der Waals surface area (Å²) >= 11 is 5.48. The highest BCUT2D eigenvalue weighted by atomic mass is 79.9. The standard InChI is InChI=1S/C18H22BrNS/c1-4-20-11-16-10-17(19)5-6-18(16)21-12-15-8-13(2)7-14(3)9-15/h5-10,20H,4,11-12H2,1-3H3. The van der Waals surface area contributed by atoms with Gasteiger partial charge in [0.25, 0.3) is 0 Å². The van der Waals surface area contributed by atoms with Gasteiger partial charge in [-0.15, -0.1) is 11.8 Å². The minimum Gasteiger partial charge on any atom is -0.313 e. The summed E-state index contributed by atoms with van der Waals surface area (Å²) in [6, 6.07) is 13.3. The van der Waals surface area contributed by atoms with Crippen molar-refractivity contribution in [3.05, 3.63) is 63.1 Å². The van der Waals surface area contributed by atoms with Crippen molar-refractivity contribution in [1.82, 2.24) is 5.32 Å². The molecule has 0 aromatic heterocycles. The summed E-state index contributed by atoms with van der Waals surface area (Å²) in [5.41, 5.74) is 5.44. The molecule has 0 saturated carbocycles. The Balaban J connectivity index is 2.11. The van der Waals surface area contributed by atoms with Crippen LogP contribution in [0.25, 0.3) is 0 Å². The first-order valence-corrected chi connectivity index (χ1v) is 9.05. The van der Waals surface area contributed by atoms with Crippen LogP contribution in [0.2, 0.25) is 0 Å². The van der Waals surface area contributed by atoms with Crippen molar-refractivity contribution in [2.75, 3.05) is 6.54 Å². The lowest BCUT2D eigenvalue weighted by Gasteiger charge is -2.11. The third-order valence-electron chi connectivity index (χ3n) is 3.26. The Morgan fingerprint density at radius 2 is 1.76 bits per heavy atom. The van der Waals surface area contributed by atoms with E-state index in [9.17, 15) is 0 Å². The first-order valence-electron chi connectivity index (χ1n) is 7.27. The van der Waals surface area contributed by atoms with E-state index in [-0.39, 0.29) is 0 Å². The summed E-state index contributed by atoms with van der Waals surface area (Å²) < 4.78 is 1.14. The number of thioether (sulfide) groups is 1. The predicted molar refractivity (Wildman–Crippen MR) is 97.0 cm³/mol. The average molecular weight is 364 g/mol. The molecular formula is C18H22BrNS. The number of nitrogens with one attached hydrogen (secondary N) is 1. The van der Waals surface area contributed by atoms with Crippen molar-refractivity contribution in [3.63, 3.8) is 0 Å². The van der Waals surface area contributed by atoms with E-state index in [1.54, 1.807) is 0 Å². The van der Waals surface area contributed by atoms with Crippen molar-refractivity contribution >= 4 is 27.7 Å². The summed E-state index contributed by atoms with van der Waals surface area (Å²) in [4.78, 5) is 1.36. The highest BCUT2D eigenvalue weighted by Crippen LogP contribution is 2.29. The van der Waals surface area contributed by atoms with E-state index >= 15 is 0 Å². The Bertz CT molecular complexity index is 590. The zero-order valence-corrected chi connectivity index (χ0v) is 15.3. The molecule has 0 aliphatic rings. The largest absolute Gasteiger partial charge is 0.313 e. The molecule has 21 heavy (non-hydrogen) atoms. The van der Waals surface area contributed by atoms with Crippen LogP contribution in [0.1, 0.15) is 29.2 Å². The van der Waals surface area contributed by atoms with Gasteiger partial charge in [-0.2, -0.15) is 0 Å². The van der Waals surface area contributed by atoms with Crippen molar-refractivity contribution in [1.29, 1.82) is 0 Å². The number of aryl methyl sites for hydroxylation is 2. The molecule has 0 aliphatic heterocycles. The van der Waals surface area contributed by atoms with Crippen molar-refractivity contribution in [3.8, 4) is 0 Å². The number of benzene rings is 2. The van der Waals surface area contributed by atoms with Crippen LogP contribution in [0, 0.1) is 13.8 Å². The van der Waals surface area contributed by atoms with Crippen LogP contribution in [0.15, 0.2) is 45.8 Å². The minimum atomic E-state index is 0.922. The van der Waals surface area contributed by atoms with E-state index in [1.807, 2.05) is 11.8 Å². The molecule has 3 heteroatoms. The molecule has 0 unspecified atom stereocenters. The number of rotatable bonds is 6. The molecule has 112 valence electrons. The SMILES string of the molecule is CCNCc1cc(Br)ccc1SCc1cc(C)cc(C)c1. The van der Waals surface area contributed by atoms with Crippen LogP contribution in [-0.4, -0.2) is 6.54 Å². The summed E-state index contributed by atoms with van der Waals surface area (Å²) in [5.74, 6) is 1.02. The van der Waals surface area contributed by atoms with Crippen LogP contribution in [-0.2, 0) is 12.3 Å². The van der Waals surface area contributed by atoms with E-state index in [2.05, 4.69) is 78.4 Å². The molecule has 1 N–H and O–H groups in total. The molecular weight excluding hydrogens is 342 g/mol. The third-order valence-corrected chi connectivity index (χ3v) is 4.94. The zero-order valence-electron chi connectivity index (χ0n) is 12.9. The van der Waals surface area contributed by atoms with Gasteiger partial charge in [0.2, 0.25) is 0 Å². The molecule has 0 atom stereocenters. The number of hydrogen-bond donors (Lipinski definition) is 1. The molecule has 2 rings (SSSR count). The van der Waals surface area contributed by atoms with Gasteiger partial charge >= 0.3 is 0 Å². The molecule has 2 aromatic rings. The monoisotopic (exact) mass is 363 g/mol. The second-order valence-corrected chi connectivity index (χ2v) is 7.25. The molecule has 0 radical (unpaired) electrons. The summed E-state index contributed by atoms with van der Waals surface area (Å²) in [6.45, 7) is 8.38. The quantitative estimate of drug-likeness (QED) is 0.683. The van der Waals surface area contributed by atoms with Gasteiger partial charge in [-0.05, 0) is 49.7 Å².